The maximum atomic E-state index is 12.7. The van der Waals surface area contributed by atoms with Gasteiger partial charge in [-0.05, 0) is 37.5 Å². The Morgan fingerprint density at radius 3 is 2.48 bits per heavy atom. The van der Waals surface area contributed by atoms with Crippen molar-refractivity contribution in [2.45, 2.75) is 48.4 Å². The van der Waals surface area contributed by atoms with Crippen LogP contribution in [0, 0.1) is 0 Å². The van der Waals surface area contributed by atoms with Gasteiger partial charge in [0.15, 0.2) is 0 Å². The summed E-state index contributed by atoms with van der Waals surface area (Å²) in [5.74, 6) is 0. The highest BCUT2D eigenvalue weighted by atomic mass is 35.7. The maximum Gasteiger partial charge on any atom is 0.261 e. The molecule has 5 nitrogen and oxygen atoms in total. The van der Waals surface area contributed by atoms with Crippen molar-refractivity contribution in [2.24, 2.45) is 0 Å². The van der Waals surface area contributed by atoms with Crippen LogP contribution < -0.4 is 0 Å². The van der Waals surface area contributed by atoms with Crippen LogP contribution in [0.5, 0.6) is 0 Å². The highest BCUT2D eigenvalue weighted by Gasteiger charge is 2.32. The topological polar surface area (TPSA) is 71.5 Å². The number of rotatable bonds is 4. The van der Waals surface area contributed by atoms with Crippen LogP contribution in [0.1, 0.15) is 32.6 Å². The third-order valence-corrected chi connectivity index (χ3v) is 7.04. The van der Waals surface area contributed by atoms with Gasteiger partial charge in [0.05, 0.1) is 9.79 Å². The van der Waals surface area contributed by atoms with E-state index in [0.717, 1.165) is 31.7 Å². The lowest BCUT2D eigenvalue weighted by molar-refractivity contribution is 0.246. The first-order chi connectivity index (χ1) is 9.76. The molecule has 21 heavy (non-hydrogen) atoms. The summed E-state index contributed by atoms with van der Waals surface area (Å²) in [6.07, 6.45) is 3.42. The monoisotopic (exact) mass is 351 g/mol. The number of halogens is 1. The molecule has 0 bridgehead atoms. The quantitative estimate of drug-likeness (QED) is 0.781. The van der Waals surface area contributed by atoms with E-state index in [1.807, 2.05) is 6.92 Å². The fraction of sp³-hybridized carbons (Fsp3) is 0.538. The van der Waals surface area contributed by atoms with Crippen molar-refractivity contribution in [1.29, 1.82) is 0 Å². The molecule has 0 aromatic heterocycles. The predicted octanol–water partition coefficient (Wildman–Crippen LogP) is 2.57. The molecule has 1 aromatic rings. The summed E-state index contributed by atoms with van der Waals surface area (Å²) >= 11 is 0. The minimum absolute atomic E-state index is 0.0235. The van der Waals surface area contributed by atoms with Crippen molar-refractivity contribution in [1.82, 2.24) is 4.31 Å². The second kappa shape index (κ2) is 6.24. The first-order valence-electron chi connectivity index (χ1n) is 6.83. The molecule has 0 aliphatic carbocycles. The smallest absolute Gasteiger partial charge is 0.207 e. The average molecular weight is 352 g/mol. The minimum Gasteiger partial charge on any atom is -0.207 e. The number of nitrogens with zero attached hydrogens (tertiary/aromatic N) is 1. The molecule has 1 heterocycles. The van der Waals surface area contributed by atoms with Crippen LogP contribution in [-0.4, -0.2) is 33.7 Å². The van der Waals surface area contributed by atoms with Gasteiger partial charge in [-0.3, -0.25) is 0 Å². The van der Waals surface area contributed by atoms with Gasteiger partial charge in [0.25, 0.3) is 9.05 Å². The second-order valence-corrected chi connectivity index (χ2v) is 9.54. The Kier molecular flexibility index (Phi) is 4.97. The molecular formula is C13H18ClNO4S2. The van der Waals surface area contributed by atoms with Gasteiger partial charge >= 0.3 is 0 Å². The van der Waals surface area contributed by atoms with E-state index in [1.54, 1.807) is 0 Å². The molecule has 1 aliphatic rings. The number of hydrogen-bond acceptors (Lipinski definition) is 4. The van der Waals surface area contributed by atoms with Crippen LogP contribution in [0.25, 0.3) is 0 Å². The van der Waals surface area contributed by atoms with E-state index in [-0.39, 0.29) is 15.8 Å². The van der Waals surface area contributed by atoms with Gasteiger partial charge in [-0.15, -0.1) is 0 Å². The largest absolute Gasteiger partial charge is 0.261 e. The van der Waals surface area contributed by atoms with Gasteiger partial charge in [0.2, 0.25) is 10.0 Å². The molecule has 8 heteroatoms. The fourth-order valence-corrected chi connectivity index (χ4v) is 5.31. The number of sulfonamides is 1. The summed E-state index contributed by atoms with van der Waals surface area (Å²) in [4.78, 5) is -0.222. The number of benzene rings is 1. The summed E-state index contributed by atoms with van der Waals surface area (Å²) < 4.78 is 49.7. The highest BCUT2D eigenvalue weighted by Crippen LogP contribution is 2.28. The third-order valence-electron chi connectivity index (χ3n) is 3.74. The van der Waals surface area contributed by atoms with Crippen LogP contribution in [0.4, 0.5) is 0 Å². The summed E-state index contributed by atoms with van der Waals surface area (Å²) in [6, 6.07) is 5.18. The minimum atomic E-state index is -3.95. The molecule has 1 saturated heterocycles. The van der Waals surface area contributed by atoms with Crippen molar-refractivity contribution in [3.05, 3.63) is 24.3 Å². The van der Waals surface area contributed by atoms with Gasteiger partial charge in [-0.25, -0.2) is 16.8 Å². The average Bonchev–Trinajstić information content (AvgIpc) is 2.46. The van der Waals surface area contributed by atoms with Crippen molar-refractivity contribution in [3.63, 3.8) is 0 Å². The third kappa shape index (κ3) is 3.59. The van der Waals surface area contributed by atoms with Crippen LogP contribution in [0.3, 0.4) is 0 Å². The van der Waals surface area contributed by atoms with E-state index < -0.39 is 19.1 Å². The van der Waals surface area contributed by atoms with Crippen molar-refractivity contribution in [3.8, 4) is 0 Å². The van der Waals surface area contributed by atoms with Crippen molar-refractivity contribution >= 4 is 29.8 Å². The number of hydrogen-bond donors (Lipinski definition) is 0. The molecule has 2 rings (SSSR count). The fourth-order valence-electron chi connectivity index (χ4n) is 2.62. The standard InChI is InChI=1S/C13H18ClNO4S2/c1-2-11-6-3-4-9-15(11)21(18,19)13-8-5-7-12(10-13)20(14,16)17/h5,7-8,10-11H,2-4,6,9H2,1H3. The maximum absolute atomic E-state index is 12.7. The Morgan fingerprint density at radius 2 is 1.86 bits per heavy atom. The van der Waals surface area contributed by atoms with E-state index in [1.165, 1.54) is 22.5 Å². The molecule has 1 aromatic carbocycles. The summed E-state index contributed by atoms with van der Waals surface area (Å²) in [5.41, 5.74) is 0. The molecule has 0 amide bonds. The molecule has 0 radical (unpaired) electrons. The summed E-state index contributed by atoms with van der Waals surface area (Å²) in [6.45, 7) is 2.43. The first kappa shape index (κ1) is 16.7. The highest BCUT2D eigenvalue weighted by molar-refractivity contribution is 8.13. The second-order valence-electron chi connectivity index (χ2n) is 5.09. The van der Waals surface area contributed by atoms with Crippen LogP contribution in [-0.2, 0) is 19.1 Å². The molecular weight excluding hydrogens is 334 g/mol. The molecule has 1 fully saturated rings. The summed E-state index contributed by atoms with van der Waals surface area (Å²) in [5, 5.41) is 0. The van der Waals surface area contributed by atoms with Gasteiger partial charge in [0, 0.05) is 23.3 Å². The van der Waals surface area contributed by atoms with E-state index in [2.05, 4.69) is 0 Å². The van der Waals surface area contributed by atoms with E-state index in [0.29, 0.717) is 6.54 Å². The normalized spacial score (nSPS) is 21.3. The molecule has 118 valence electrons. The Balaban J connectivity index is 2.44. The lowest BCUT2D eigenvalue weighted by Gasteiger charge is -2.34. The molecule has 1 atom stereocenters. The number of piperidine rings is 1. The Morgan fingerprint density at radius 1 is 1.19 bits per heavy atom. The van der Waals surface area contributed by atoms with Crippen molar-refractivity contribution in [2.75, 3.05) is 6.54 Å². The molecule has 0 saturated carbocycles. The van der Waals surface area contributed by atoms with Crippen LogP contribution >= 0.6 is 10.7 Å². The van der Waals surface area contributed by atoms with E-state index >= 15 is 0 Å². The predicted molar refractivity (Wildman–Crippen MR) is 81.3 cm³/mol. The first-order valence-corrected chi connectivity index (χ1v) is 10.6. The van der Waals surface area contributed by atoms with Crippen LogP contribution in [0.2, 0.25) is 0 Å². The molecule has 1 aliphatic heterocycles. The van der Waals surface area contributed by atoms with E-state index in [4.69, 9.17) is 10.7 Å². The zero-order valence-corrected chi connectivity index (χ0v) is 14.1. The zero-order chi connectivity index (χ0) is 15.7. The Labute approximate surface area is 130 Å². The lowest BCUT2D eigenvalue weighted by atomic mass is 10.0. The van der Waals surface area contributed by atoms with Gasteiger partial charge < -0.3 is 0 Å². The zero-order valence-electron chi connectivity index (χ0n) is 11.7. The molecule has 0 spiro atoms. The molecule has 0 N–H and O–H groups in total. The van der Waals surface area contributed by atoms with Crippen LogP contribution in [0.15, 0.2) is 34.1 Å². The van der Waals surface area contributed by atoms with Gasteiger partial charge in [-0.1, -0.05) is 19.4 Å². The SMILES string of the molecule is CCC1CCCCN1S(=O)(=O)c1cccc(S(=O)(=O)Cl)c1. The lowest BCUT2D eigenvalue weighted by Crippen LogP contribution is -2.43. The molecule has 1 unspecified atom stereocenters. The van der Waals surface area contributed by atoms with Crippen molar-refractivity contribution < 1.29 is 16.8 Å². The van der Waals surface area contributed by atoms with E-state index in [9.17, 15) is 16.8 Å². The van der Waals surface area contributed by atoms with Gasteiger partial charge in [0.1, 0.15) is 0 Å². The summed E-state index contributed by atoms with van der Waals surface area (Å²) in [7, 11) is -2.36. The van der Waals surface area contributed by atoms with Gasteiger partial charge in [-0.2, -0.15) is 4.31 Å². The Bertz CT molecular complexity index is 715. The Hall–Kier alpha value is -0.630.